The quantitative estimate of drug-likeness (QED) is 0.172. The van der Waals surface area contributed by atoms with Gasteiger partial charge in [0.1, 0.15) is 10.6 Å². The molecule has 1 aliphatic rings. The van der Waals surface area contributed by atoms with Gasteiger partial charge in [0.15, 0.2) is 5.16 Å². The molecule has 1 aliphatic heterocycles. The van der Waals surface area contributed by atoms with E-state index in [-0.39, 0.29) is 22.2 Å². The number of aromatic nitrogens is 2. The number of thioether (sulfide) groups is 1. The first-order chi connectivity index (χ1) is 19.5. The number of hydrogen-bond donors (Lipinski definition) is 1. The number of anilines is 1. The van der Waals surface area contributed by atoms with Crippen molar-refractivity contribution in [3.63, 3.8) is 0 Å². The van der Waals surface area contributed by atoms with Gasteiger partial charge in [0, 0.05) is 30.2 Å². The van der Waals surface area contributed by atoms with Crippen molar-refractivity contribution in [3.8, 4) is 5.69 Å². The Morgan fingerprint density at radius 3 is 2.58 bits per heavy atom. The van der Waals surface area contributed by atoms with Crippen LogP contribution in [0.15, 0.2) is 88.8 Å². The Balaban J connectivity index is 1.30. The van der Waals surface area contributed by atoms with Crippen LogP contribution in [0.5, 0.6) is 0 Å². The van der Waals surface area contributed by atoms with Crippen LogP contribution in [0.25, 0.3) is 15.9 Å². The van der Waals surface area contributed by atoms with Gasteiger partial charge in [0.2, 0.25) is 5.91 Å². The van der Waals surface area contributed by atoms with Crippen molar-refractivity contribution in [1.29, 1.82) is 0 Å². The predicted molar refractivity (Wildman–Crippen MR) is 160 cm³/mol. The summed E-state index contributed by atoms with van der Waals surface area (Å²) in [5, 5.41) is 3.76. The summed E-state index contributed by atoms with van der Waals surface area (Å²) in [5.41, 5.74) is 3.30. The number of carbonyl (C=O) groups excluding carboxylic acids is 1. The maximum atomic E-state index is 14.0. The van der Waals surface area contributed by atoms with Gasteiger partial charge in [-0.1, -0.05) is 71.9 Å². The number of para-hydroxylation sites is 1. The zero-order valence-corrected chi connectivity index (χ0v) is 23.7. The summed E-state index contributed by atoms with van der Waals surface area (Å²) in [7, 11) is 0. The topological polar surface area (TPSA) is 67.2 Å². The van der Waals surface area contributed by atoms with E-state index in [0.717, 1.165) is 36.5 Å². The smallest absolute Gasteiger partial charge is 0.267 e. The van der Waals surface area contributed by atoms with Gasteiger partial charge in [-0.2, -0.15) is 0 Å². The van der Waals surface area contributed by atoms with Gasteiger partial charge in [0.25, 0.3) is 5.56 Å². The lowest BCUT2D eigenvalue weighted by Crippen LogP contribution is -2.30. The molecule has 0 bridgehead atoms. The number of benzene rings is 3. The number of amides is 1. The highest BCUT2D eigenvalue weighted by atomic mass is 35.5. The number of rotatable bonds is 7. The SMILES string of the molecule is O=C(CSc1nc2sc3c(c2c(=O)n1-c1ccccc1)CCN(Cc1ccccc1)C3)Nc1ccc(F)c(Cl)c1. The molecule has 0 atom stereocenters. The van der Waals surface area contributed by atoms with Gasteiger partial charge in [-0.3, -0.25) is 19.1 Å². The van der Waals surface area contributed by atoms with E-state index in [9.17, 15) is 14.0 Å². The molecule has 3 heterocycles. The fourth-order valence-corrected chi connectivity index (χ4v) is 7.15. The first-order valence-corrected chi connectivity index (χ1v) is 14.9. The third-order valence-corrected chi connectivity index (χ3v) is 9.06. The average Bonchev–Trinajstić information content (AvgIpc) is 3.33. The van der Waals surface area contributed by atoms with E-state index in [1.54, 1.807) is 15.9 Å². The highest BCUT2D eigenvalue weighted by Crippen LogP contribution is 2.35. The second-order valence-corrected chi connectivity index (χ2v) is 11.9. The van der Waals surface area contributed by atoms with Crippen molar-refractivity contribution < 1.29 is 9.18 Å². The zero-order chi connectivity index (χ0) is 27.6. The lowest BCUT2D eigenvalue weighted by Gasteiger charge is -2.26. The van der Waals surface area contributed by atoms with Gasteiger partial charge in [-0.25, -0.2) is 9.37 Å². The van der Waals surface area contributed by atoms with Gasteiger partial charge < -0.3 is 5.32 Å². The molecule has 0 spiro atoms. The van der Waals surface area contributed by atoms with Crippen molar-refractivity contribution in [2.45, 2.75) is 24.7 Å². The summed E-state index contributed by atoms with van der Waals surface area (Å²) in [6, 6.07) is 23.7. The van der Waals surface area contributed by atoms with Crippen molar-refractivity contribution in [2.75, 3.05) is 17.6 Å². The number of nitrogens with one attached hydrogen (secondary N) is 1. The Labute approximate surface area is 243 Å². The average molecular weight is 591 g/mol. The fourth-order valence-electron chi connectivity index (χ4n) is 4.86. The van der Waals surface area contributed by atoms with E-state index >= 15 is 0 Å². The molecule has 10 heteroatoms. The minimum Gasteiger partial charge on any atom is -0.325 e. The van der Waals surface area contributed by atoms with Crippen LogP contribution in [-0.2, 0) is 24.3 Å². The van der Waals surface area contributed by atoms with Crippen molar-refractivity contribution in [1.82, 2.24) is 14.5 Å². The molecule has 0 saturated carbocycles. The monoisotopic (exact) mass is 590 g/mol. The number of carbonyl (C=O) groups is 1. The number of thiophene rings is 1. The van der Waals surface area contributed by atoms with E-state index in [2.05, 4.69) is 22.3 Å². The zero-order valence-electron chi connectivity index (χ0n) is 21.3. The van der Waals surface area contributed by atoms with E-state index in [4.69, 9.17) is 16.6 Å². The summed E-state index contributed by atoms with van der Waals surface area (Å²) in [6.07, 6.45) is 0.781. The molecule has 1 amide bonds. The maximum Gasteiger partial charge on any atom is 0.267 e. The van der Waals surface area contributed by atoms with E-state index in [0.29, 0.717) is 26.7 Å². The minimum atomic E-state index is -0.555. The van der Waals surface area contributed by atoms with Gasteiger partial charge in [-0.15, -0.1) is 11.3 Å². The van der Waals surface area contributed by atoms with E-state index in [1.165, 1.54) is 35.5 Å². The Bertz CT molecular complexity index is 1760. The second-order valence-electron chi connectivity index (χ2n) is 9.47. The molecule has 0 fully saturated rings. The first kappa shape index (κ1) is 26.7. The summed E-state index contributed by atoms with van der Waals surface area (Å²) in [5.74, 6) is -0.862. The molecule has 40 heavy (non-hydrogen) atoms. The molecule has 6 nitrogen and oxygen atoms in total. The third kappa shape index (κ3) is 5.55. The molecule has 2 aromatic heterocycles. The normalized spacial score (nSPS) is 13.3. The van der Waals surface area contributed by atoms with E-state index in [1.807, 2.05) is 48.5 Å². The van der Waals surface area contributed by atoms with Crippen LogP contribution < -0.4 is 10.9 Å². The summed E-state index contributed by atoms with van der Waals surface area (Å²) in [6.45, 7) is 2.48. The highest BCUT2D eigenvalue weighted by molar-refractivity contribution is 7.99. The Hall–Kier alpha value is -3.50. The summed E-state index contributed by atoms with van der Waals surface area (Å²) in [4.78, 5) is 35.9. The van der Waals surface area contributed by atoms with Crippen molar-refractivity contribution in [3.05, 3.63) is 116 Å². The second kappa shape index (κ2) is 11.5. The van der Waals surface area contributed by atoms with Crippen molar-refractivity contribution >= 4 is 56.5 Å². The molecule has 1 N–H and O–H groups in total. The maximum absolute atomic E-state index is 14.0. The van der Waals surface area contributed by atoms with Crippen LogP contribution in [0.4, 0.5) is 10.1 Å². The van der Waals surface area contributed by atoms with Gasteiger partial charge in [-0.05, 0) is 47.9 Å². The van der Waals surface area contributed by atoms with Gasteiger partial charge >= 0.3 is 0 Å². The molecule has 0 unspecified atom stereocenters. The van der Waals surface area contributed by atoms with Crippen LogP contribution in [0.3, 0.4) is 0 Å². The van der Waals surface area contributed by atoms with Crippen molar-refractivity contribution in [2.24, 2.45) is 0 Å². The summed E-state index contributed by atoms with van der Waals surface area (Å²) >= 11 is 8.58. The molecule has 0 radical (unpaired) electrons. The van der Waals surface area contributed by atoms with E-state index < -0.39 is 5.82 Å². The van der Waals surface area contributed by atoms with Crippen LogP contribution in [0.1, 0.15) is 16.0 Å². The number of halogens is 2. The lowest BCUT2D eigenvalue weighted by molar-refractivity contribution is -0.113. The van der Waals surface area contributed by atoms with Gasteiger partial charge in [0.05, 0.1) is 21.8 Å². The fraction of sp³-hybridized carbons (Fsp3) is 0.167. The molecule has 5 aromatic rings. The third-order valence-electron chi connectivity index (χ3n) is 6.72. The number of hydrogen-bond acceptors (Lipinski definition) is 6. The standard InChI is InChI=1S/C30H24ClFN4O2S2/c31-23-15-20(11-12-24(23)32)33-26(37)18-39-30-34-28-27(29(38)36(30)21-9-5-2-6-10-21)22-13-14-35(17-25(22)40-28)16-19-7-3-1-4-8-19/h1-12,15H,13-14,16-18H2,(H,33,37). The lowest BCUT2D eigenvalue weighted by atomic mass is 10.0. The summed E-state index contributed by atoms with van der Waals surface area (Å²) < 4.78 is 15.1. The largest absolute Gasteiger partial charge is 0.325 e. The Morgan fingerprint density at radius 2 is 1.82 bits per heavy atom. The van der Waals surface area contributed by atoms with Crippen LogP contribution >= 0.6 is 34.7 Å². The Kier molecular flexibility index (Phi) is 7.71. The Morgan fingerprint density at radius 1 is 1.07 bits per heavy atom. The highest BCUT2D eigenvalue weighted by Gasteiger charge is 2.26. The molecule has 0 saturated heterocycles. The number of nitrogens with zero attached hydrogens (tertiary/aromatic N) is 3. The molecular weight excluding hydrogens is 567 g/mol. The molecule has 202 valence electrons. The van der Waals surface area contributed by atoms with Crippen LogP contribution in [0, 0.1) is 5.82 Å². The minimum absolute atomic E-state index is 0.00964. The predicted octanol–water partition coefficient (Wildman–Crippen LogP) is 6.53. The number of fused-ring (bicyclic) bond motifs is 3. The molecular formula is C30H24ClFN4O2S2. The van der Waals surface area contributed by atoms with Crippen LogP contribution in [-0.4, -0.2) is 32.7 Å². The molecule has 0 aliphatic carbocycles. The first-order valence-electron chi connectivity index (χ1n) is 12.7. The van der Waals surface area contributed by atoms with Crippen LogP contribution in [0.2, 0.25) is 5.02 Å². The molecule has 6 rings (SSSR count). The molecule has 3 aromatic carbocycles.